The fraction of sp³-hybridized carbons (Fsp3) is 0.500. The van der Waals surface area contributed by atoms with Crippen LogP contribution in [0.15, 0.2) is 54.6 Å². The van der Waals surface area contributed by atoms with E-state index < -0.39 is 0 Å². The molecule has 0 amide bonds. The number of nitrogens with two attached hydrogens (primary N) is 1. The van der Waals surface area contributed by atoms with E-state index in [-0.39, 0.29) is 0 Å². The third-order valence-electron chi connectivity index (χ3n) is 5.66. The van der Waals surface area contributed by atoms with Gasteiger partial charge in [-0.1, -0.05) is 54.1 Å². The Hall–Kier alpha value is -1.43. The van der Waals surface area contributed by atoms with Gasteiger partial charge in [-0.05, 0) is 55.7 Å². The molecule has 4 nitrogen and oxygen atoms in total. The summed E-state index contributed by atoms with van der Waals surface area (Å²) in [7, 11) is 0. The highest BCUT2D eigenvalue weighted by Crippen LogP contribution is 2.14. The molecule has 0 saturated carbocycles. The lowest BCUT2D eigenvalue weighted by molar-refractivity contribution is 0.125. The van der Waals surface area contributed by atoms with Crippen LogP contribution in [0.3, 0.4) is 0 Å². The van der Waals surface area contributed by atoms with Crippen LogP contribution in [0.4, 0.5) is 0 Å². The summed E-state index contributed by atoms with van der Waals surface area (Å²) in [6, 6.07) is 19.0. The molecule has 1 aliphatic heterocycles. The minimum atomic E-state index is 0.797. The van der Waals surface area contributed by atoms with E-state index >= 15 is 0 Å². The predicted octanol–water partition coefficient (Wildman–Crippen LogP) is 3.70. The summed E-state index contributed by atoms with van der Waals surface area (Å²) in [6.45, 7) is 10.9. The molecule has 0 bridgehead atoms. The molecule has 5 heteroatoms. The number of benzene rings is 2. The average Bonchev–Trinajstić information content (AvgIpc) is 2.75. The molecule has 2 N–H and O–H groups in total. The first kappa shape index (κ1) is 22.3. The van der Waals surface area contributed by atoms with Crippen molar-refractivity contribution in [2.45, 2.75) is 25.9 Å². The lowest BCUT2D eigenvalue weighted by Gasteiger charge is -2.35. The second kappa shape index (κ2) is 12.3. The van der Waals surface area contributed by atoms with E-state index in [0.717, 1.165) is 44.2 Å². The molecule has 2 aromatic rings. The van der Waals surface area contributed by atoms with Gasteiger partial charge in [0, 0.05) is 50.8 Å². The molecule has 1 heterocycles. The van der Waals surface area contributed by atoms with E-state index in [2.05, 4.69) is 57.2 Å². The number of rotatable bonds is 11. The van der Waals surface area contributed by atoms with Crippen molar-refractivity contribution in [3.8, 4) is 0 Å². The normalized spacial score (nSPS) is 15.8. The van der Waals surface area contributed by atoms with Gasteiger partial charge in [-0.2, -0.15) is 0 Å². The van der Waals surface area contributed by atoms with Crippen LogP contribution in [0, 0.1) is 0 Å². The number of hydrogen-bond acceptors (Lipinski definition) is 4. The van der Waals surface area contributed by atoms with Crippen molar-refractivity contribution < 1.29 is 0 Å². The monoisotopic (exact) mass is 414 g/mol. The molecule has 1 saturated heterocycles. The molecule has 1 aliphatic rings. The predicted molar refractivity (Wildman–Crippen MR) is 123 cm³/mol. The van der Waals surface area contributed by atoms with Crippen molar-refractivity contribution in [1.29, 1.82) is 0 Å². The highest BCUT2D eigenvalue weighted by Gasteiger charge is 2.16. The zero-order valence-electron chi connectivity index (χ0n) is 17.5. The summed E-state index contributed by atoms with van der Waals surface area (Å²) in [4.78, 5) is 7.71. The van der Waals surface area contributed by atoms with Gasteiger partial charge in [0.25, 0.3) is 0 Å². The first-order chi connectivity index (χ1) is 14.2. The van der Waals surface area contributed by atoms with E-state index in [1.54, 1.807) is 0 Å². The Kier molecular flexibility index (Phi) is 9.45. The molecule has 0 aromatic heterocycles. The summed E-state index contributed by atoms with van der Waals surface area (Å²) in [5, 5.41) is 0.800. The van der Waals surface area contributed by atoms with Crippen LogP contribution in [-0.4, -0.2) is 67.1 Å². The van der Waals surface area contributed by atoms with Gasteiger partial charge in [0.05, 0.1) is 0 Å². The summed E-state index contributed by atoms with van der Waals surface area (Å²) < 4.78 is 0. The van der Waals surface area contributed by atoms with Crippen LogP contribution >= 0.6 is 11.6 Å². The summed E-state index contributed by atoms with van der Waals surface area (Å²) in [6.07, 6.45) is 2.31. The number of nitrogens with zero attached hydrogens (tertiary/aromatic N) is 3. The van der Waals surface area contributed by atoms with Crippen LogP contribution in [0.2, 0.25) is 5.02 Å². The minimum absolute atomic E-state index is 0.797. The van der Waals surface area contributed by atoms with Crippen LogP contribution in [0.25, 0.3) is 0 Å². The molecule has 3 rings (SSSR count). The molecule has 0 unspecified atom stereocenters. The average molecular weight is 415 g/mol. The largest absolute Gasteiger partial charge is 0.330 e. The molecule has 1 fully saturated rings. The number of piperazine rings is 1. The Morgan fingerprint density at radius 2 is 1.31 bits per heavy atom. The quantitative estimate of drug-likeness (QED) is 0.608. The van der Waals surface area contributed by atoms with Crippen LogP contribution in [-0.2, 0) is 13.1 Å². The molecule has 0 aliphatic carbocycles. The van der Waals surface area contributed by atoms with E-state index in [9.17, 15) is 0 Å². The third-order valence-corrected chi connectivity index (χ3v) is 5.91. The number of halogens is 1. The lowest BCUT2D eigenvalue weighted by atomic mass is 10.1. The second-order valence-electron chi connectivity index (χ2n) is 8.00. The van der Waals surface area contributed by atoms with Gasteiger partial charge < -0.3 is 15.5 Å². The van der Waals surface area contributed by atoms with Crippen LogP contribution < -0.4 is 5.73 Å². The van der Waals surface area contributed by atoms with Crippen molar-refractivity contribution in [1.82, 2.24) is 14.7 Å². The summed E-state index contributed by atoms with van der Waals surface area (Å²) >= 11 is 6.06. The maximum Gasteiger partial charge on any atom is 0.0406 e. The third kappa shape index (κ3) is 8.07. The summed E-state index contributed by atoms with van der Waals surface area (Å²) in [5.74, 6) is 0. The molecule has 158 valence electrons. The van der Waals surface area contributed by atoms with Gasteiger partial charge in [-0.3, -0.25) is 4.90 Å². The minimum Gasteiger partial charge on any atom is -0.330 e. The van der Waals surface area contributed by atoms with Crippen LogP contribution in [0.1, 0.15) is 24.0 Å². The first-order valence-corrected chi connectivity index (χ1v) is 11.3. The Labute approximate surface area is 181 Å². The van der Waals surface area contributed by atoms with Gasteiger partial charge in [0.1, 0.15) is 0 Å². The molecule has 0 spiro atoms. The smallest absolute Gasteiger partial charge is 0.0406 e. The van der Waals surface area contributed by atoms with Crippen molar-refractivity contribution in [2.24, 2.45) is 5.73 Å². The Morgan fingerprint density at radius 1 is 0.759 bits per heavy atom. The van der Waals surface area contributed by atoms with Gasteiger partial charge in [-0.25, -0.2) is 0 Å². The highest BCUT2D eigenvalue weighted by atomic mass is 35.5. The van der Waals surface area contributed by atoms with E-state index in [1.165, 1.54) is 50.3 Å². The Balaban J connectivity index is 1.47. The van der Waals surface area contributed by atoms with E-state index in [4.69, 9.17) is 17.3 Å². The molecular formula is C24H35ClN4. The highest BCUT2D eigenvalue weighted by molar-refractivity contribution is 6.30. The summed E-state index contributed by atoms with van der Waals surface area (Å²) in [5.41, 5.74) is 8.33. The maximum atomic E-state index is 6.06. The van der Waals surface area contributed by atoms with Gasteiger partial charge in [0.15, 0.2) is 0 Å². The SMILES string of the molecule is NCCCN1CCN(CCCN(Cc2ccccc2)Cc2ccc(Cl)cc2)CC1. The second-order valence-corrected chi connectivity index (χ2v) is 8.44. The maximum absolute atomic E-state index is 6.06. The molecule has 29 heavy (non-hydrogen) atoms. The van der Waals surface area contributed by atoms with Crippen molar-refractivity contribution in [3.63, 3.8) is 0 Å². The Morgan fingerprint density at radius 3 is 1.90 bits per heavy atom. The van der Waals surface area contributed by atoms with Crippen molar-refractivity contribution in [3.05, 3.63) is 70.7 Å². The first-order valence-electron chi connectivity index (χ1n) is 10.9. The molecule has 0 atom stereocenters. The topological polar surface area (TPSA) is 35.7 Å². The Bertz CT molecular complexity index is 684. The van der Waals surface area contributed by atoms with E-state index in [1.807, 2.05) is 12.1 Å². The van der Waals surface area contributed by atoms with Crippen molar-refractivity contribution >= 4 is 11.6 Å². The fourth-order valence-corrected chi connectivity index (χ4v) is 4.10. The molecule has 2 aromatic carbocycles. The van der Waals surface area contributed by atoms with Gasteiger partial charge in [0.2, 0.25) is 0 Å². The zero-order valence-corrected chi connectivity index (χ0v) is 18.2. The fourth-order valence-electron chi connectivity index (χ4n) is 3.97. The van der Waals surface area contributed by atoms with E-state index in [0.29, 0.717) is 0 Å². The lowest BCUT2D eigenvalue weighted by Crippen LogP contribution is -2.47. The van der Waals surface area contributed by atoms with Gasteiger partial charge >= 0.3 is 0 Å². The van der Waals surface area contributed by atoms with Crippen LogP contribution in [0.5, 0.6) is 0 Å². The van der Waals surface area contributed by atoms with Crippen molar-refractivity contribution in [2.75, 3.05) is 52.4 Å². The zero-order chi connectivity index (χ0) is 20.3. The molecular weight excluding hydrogens is 380 g/mol. The number of hydrogen-bond donors (Lipinski definition) is 1. The molecule has 0 radical (unpaired) electrons. The van der Waals surface area contributed by atoms with Gasteiger partial charge in [-0.15, -0.1) is 0 Å². The standard InChI is InChI=1S/C24H35ClN4/c25-24-10-8-23(9-11-24)21-29(20-22-6-2-1-3-7-22)15-5-14-28-18-16-27(17-19-28)13-4-12-26/h1-3,6-11H,4-5,12-21,26H2.